The molecule has 0 bridgehead atoms. The maximum Gasteiger partial charge on any atom is 0.163 e. The van der Waals surface area contributed by atoms with Crippen molar-refractivity contribution in [2.24, 2.45) is 0 Å². The van der Waals surface area contributed by atoms with Crippen molar-refractivity contribution < 1.29 is 23.1 Å². The van der Waals surface area contributed by atoms with E-state index in [2.05, 4.69) is 15.2 Å². The summed E-state index contributed by atoms with van der Waals surface area (Å²) in [6, 6.07) is 11.8. The van der Waals surface area contributed by atoms with E-state index >= 15 is 0 Å². The van der Waals surface area contributed by atoms with Gasteiger partial charge in [-0.1, -0.05) is 35.0 Å². The Kier molecular flexibility index (Phi) is 6.31. The van der Waals surface area contributed by atoms with Gasteiger partial charge in [0, 0.05) is 28.3 Å². The van der Waals surface area contributed by atoms with Crippen molar-refractivity contribution in [1.29, 1.82) is 0 Å². The molecule has 0 fully saturated rings. The van der Waals surface area contributed by atoms with Crippen LogP contribution in [0.4, 0.5) is 8.78 Å². The Morgan fingerprint density at radius 3 is 2.66 bits per heavy atom. The van der Waals surface area contributed by atoms with Crippen molar-refractivity contribution in [3.63, 3.8) is 0 Å². The van der Waals surface area contributed by atoms with Crippen molar-refractivity contribution in [2.75, 3.05) is 0 Å². The number of halogens is 3. The molecule has 0 aliphatic heterocycles. The second kappa shape index (κ2) is 9.15. The summed E-state index contributed by atoms with van der Waals surface area (Å²) in [6.45, 7) is 1.38. The predicted octanol–water partition coefficient (Wildman–Crippen LogP) is 4.36. The molecular formula is C22H19ClF2N4O3. The van der Waals surface area contributed by atoms with Gasteiger partial charge in [0.2, 0.25) is 0 Å². The van der Waals surface area contributed by atoms with Crippen LogP contribution in [0, 0.1) is 11.6 Å². The van der Waals surface area contributed by atoms with Gasteiger partial charge < -0.3 is 14.4 Å². The van der Waals surface area contributed by atoms with Crippen LogP contribution in [0.15, 0.2) is 65.7 Å². The summed E-state index contributed by atoms with van der Waals surface area (Å²) >= 11 is 5.91. The van der Waals surface area contributed by atoms with Crippen LogP contribution in [0.2, 0.25) is 5.02 Å². The summed E-state index contributed by atoms with van der Waals surface area (Å²) < 4.78 is 40.5. The van der Waals surface area contributed by atoms with Crippen LogP contribution in [0.3, 0.4) is 0 Å². The van der Waals surface area contributed by atoms with Crippen molar-refractivity contribution in [2.45, 2.75) is 31.8 Å². The monoisotopic (exact) mass is 460 g/mol. The van der Waals surface area contributed by atoms with Gasteiger partial charge in [0.05, 0.1) is 12.6 Å². The third-order valence-corrected chi connectivity index (χ3v) is 5.37. The quantitative estimate of drug-likeness (QED) is 0.420. The highest BCUT2D eigenvalue weighted by Gasteiger charge is 2.40. The number of benzene rings is 2. The molecule has 0 saturated heterocycles. The summed E-state index contributed by atoms with van der Waals surface area (Å²) in [5.41, 5.74) is -0.588. The molecule has 4 aromatic rings. The zero-order chi connectivity index (χ0) is 22.7. The lowest BCUT2D eigenvalue weighted by molar-refractivity contribution is -0.126. The first kappa shape index (κ1) is 22.1. The number of ether oxygens (including phenoxy) is 1. The fraction of sp³-hybridized carbons (Fsp3) is 0.227. The summed E-state index contributed by atoms with van der Waals surface area (Å²) in [7, 11) is 0. The molecule has 7 nitrogen and oxygen atoms in total. The van der Waals surface area contributed by atoms with Crippen LogP contribution < -0.4 is 0 Å². The van der Waals surface area contributed by atoms with Crippen molar-refractivity contribution in [3.8, 4) is 11.3 Å². The van der Waals surface area contributed by atoms with E-state index in [1.165, 1.54) is 23.4 Å². The minimum atomic E-state index is -1.87. The molecule has 166 valence electrons. The molecule has 2 heterocycles. The van der Waals surface area contributed by atoms with Crippen LogP contribution in [0.1, 0.15) is 18.2 Å². The lowest BCUT2D eigenvalue weighted by atomic mass is 9.88. The van der Waals surface area contributed by atoms with Gasteiger partial charge in [-0.25, -0.2) is 18.4 Å². The molecule has 0 radical (unpaired) electrons. The summed E-state index contributed by atoms with van der Waals surface area (Å²) in [4.78, 5) is 3.84. The standard InChI is InChI=1S/C22H19ClF2N4O3/c1-14(31-10-18-9-21(28-32-18)15-2-4-16(23)5-3-15)22(30,11-29-13-26-12-27-29)19-7-6-17(24)8-20(19)25/h2-9,12-14,30H,10-11H2,1H3. The van der Waals surface area contributed by atoms with Crippen LogP contribution in [-0.2, 0) is 23.5 Å². The van der Waals surface area contributed by atoms with E-state index in [-0.39, 0.29) is 18.7 Å². The maximum atomic E-state index is 14.6. The van der Waals surface area contributed by atoms with Crippen LogP contribution in [0.25, 0.3) is 11.3 Å². The molecule has 2 aromatic carbocycles. The fourth-order valence-corrected chi connectivity index (χ4v) is 3.44. The highest BCUT2D eigenvalue weighted by atomic mass is 35.5. The van der Waals surface area contributed by atoms with E-state index in [1.807, 2.05) is 12.1 Å². The molecule has 0 spiro atoms. The van der Waals surface area contributed by atoms with E-state index in [4.69, 9.17) is 20.9 Å². The van der Waals surface area contributed by atoms with Gasteiger partial charge >= 0.3 is 0 Å². The molecular weight excluding hydrogens is 442 g/mol. The third-order valence-electron chi connectivity index (χ3n) is 5.11. The Balaban J connectivity index is 1.54. The fourth-order valence-electron chi connectivity index (χ4n) is 3.32. The van der Waals surface area contributed by atoms with Crippen LogP contribution in [0.5, 0.6) is 0 Å². The summed E-state index contributed by atoms with van der Waals surface area (Å²) in [5.74, 6) is -1.24. The van der Waals surface area contributed by atoms with Crippen molar-refractivity contribution in [3.05, 3.63) is 89.2 Å². The van der Waals surface area contributed by atoms with Gasteiger partial charge in [-0.2, -0.15) is 5.10 Å². The molecule has 32 heavy (non-hydrogen) atoms. The maximum absolute atomic E-state index is 14.6. The highest BCUT2D eigenvalue weighted by Crippen LogP contribution is 2.32. The van der Waals surface area contributed by atoms with Gasteiger partial charge in [-0.3, -0.25) is 0 Å². The Labute approximate surface area is 187 Å². The second-order valence-corrected chi connectivity index (χ2v) is 7.72. The van der Waals surface area contributed by atoms with Gasteiger partial charge in [0.1, 0.15) is 42.2 Å². The Bertz CT molecular complexity index is 1180. The topological polar surface area (TPSA) is 86.2 Å². The number of aromatic nitrogens is 4. The molecule has 0 aliphatic rings. The molecule has 2 aromatic heterocycles. The van der Waals surface area contributed by atoms with E-state index in [9.17, 15) is 13.9 Å². The first-order valence-corrected chi connectivity index (χ1v) is 10.1. The predicted molar refractivity (Wildman–Crippen MR) is 111 cm³/mol. The van der Waals surface area contributed by atoms with Crippen LogP contribution >= 0.6 is 11.6 Å². The molecule has 4 rings (SSSR count). The minimum Gasteiger partial charge on any atom is -0.380 e. The van der Waals surface area contributed by atoms with Crippen molar-refractivity contribution in [1.82, 2.24) is 19.9 Å². The van der Waals surface area contributed by atoms with E-state index in [0.717, 1.165) is 11.6 Å². The van der Waals surface area contributed by atoms with Gasteiger partial charge in [-0.05, 0) is 25.1 Å². The van der Waals surface area contributed by atoms with Gasteiger partial charge in [0.15, 0.2) is 5.76 Å². The Morgan fingerprint density at radius 2 is 1.97 bits per heavy atom. The number of rotatable bonds is 8. The van der Waals surface area contributed by atoms with E-state index in [1.54, 1.807) is 25.1 Å². The zero-order valence-electron chi connectivity index (χ0n) is 17.0. The largest absolute Gasteiger partial charge is 0.380 e. The number of nitrogens with zero attached hydrogens (tertiary/aromatic N) is 4. The van der Waals surface area contributed by atoms with Crippen molar-refractivity contribution >= 4 is 11.6 Å². The molecule has 0 saturated carbocycles. The third kappa shape index (κ3) is 4.69. The molecule has 10 heteroatoms. The average molecular weight is 461 g/mol. The number of hydrogen-bond donors (Lipinski definition) is 1. The summed E-state index contributed by atoms with van der Waals surface area (Å²) in [5, 5.41) is 20.0. The number of hydrogen-bond acceptors (Lipinski definition) is 6. The second-order valence-electron chi connectivity index (χ2n) is 7.28. The molecule has 2 atom stereocenters. The normalized spacial score (nSPS) is 14.3. The van der Waals surface area contributed by atoms with E-state index in [0.29, 0.717) is 22.5 Å². The molecule has 0 aliphatic carbocycles. The SMILES string of the molecule is CC(OCc1cc(-c2ccc(Cl)cc2)no1)C(O)(Cn1cncn1)c1ccc(F)cc1F. The average Bonchev–Trinajstić information content (AvgIpc) is 3.44. The highest BCUT2D eigenvalue weighted by molar-refractivity contribution is 6.30. The zero-order valence-corrected chi connectivity index (χ0v) is 17.7. The molecule has 0 amide bonds. The smallest absolute Gasteiger partial charge is 0.163 e. The van der Waals surface area contributed by atoms with Crippen LogP contribution in [-0.4, -0.2) is 31.1 Å². The minimum absolute atomic E-state index is 0.0375. The van der Waals surface area contributed by atoms with Gasteiger partial charge in [-0.15, -0.1) is 0 Å². The molecule has 2 unspecified atom stereocenters. The first-order chi connectivity index (χ1) is 15.3. The Hall–Kier alpha value is -3.14. The summed E-state index contributed by atoms with van der Waals surface area (Å²) in [6.07, 6.45) is 1.74. The number of aliphatic hydroxyl groups is 1. The van der Waals surface area contributed by atoms with E-state index < -0.39 is 23.3 Å². The lowest BCUT2D eigenvalue weighted by Crippen LogP contribution is -2.44. The molecule has 1 N–H and O–H groups in total. The van der Waals surface area contributed by atoms with Gasteiger partial charge in [0.25, 0.3) is 0 Å². The first-order valence-electron chi connectivity index (χ1n) is 9.68. The lowest BCUT2D eigenvalue weighted by Gasteiger charge is -2.34. The Morgan fingerprint density at radius 1 is 1.19 bits per heavy atom.